The third kappa shape index (κ3) is 4.82. The first kappa shape index (κ1) is 19.3. The van der Waals surface area contributed by atoms with Crippen molar-refractivity contribution in [2.75, 3.05) is 23.6 Å². The summed E-state index contributed by atoms with van der Waals surface area (Å²) in [6.07, 6.45) is 0.380. The van der Waals surface area contributed by atoms with Crippen molar-refractivity contribution in [3.63, 3.8) is 0 Å². The summed E-state index contributed by atoms with van der Waals surface area (Å²) in [5.74, 6) is 0.598. The number of hydrogen-bond donors (Lipinski definition) is 3. The number of carbonyl (C=O) groups excluding carboxylic acids is 2. The Balaban J connectivity index is 1.59. The van der Waals surface area contributed by atoms with Gasteiger partial charge in [0.15, 0.2) is 21.3 Å². The molecule has 27 heavy (non-hydrogen) atoms. The van der Waals surface area contributed by atoms with Crippen LogP contribution in [0.25, 0.3) is 0 Å². The summed E-state index contributed by atoms with van der Waals surface area (Å²) in [4.78, 5) is 24.8. The summed E-state index contributed by atoms with van der Waals surface area (Å²) in [5.41, 5.74) is 0.527. The van der Waals surface area contributed by atoms with E-state index < -0.39 is 28.0 Å². The van der Waals surface area contributed by atoms with Gasteiger partial charge in [0.25, 0.3) is 0 Å². The van der Waals surface area contributed by atoms with E-state index >= 15 is 0 Å². The summed E-state index contributed by atoms with van der Waals surface area (Å²) in [6.45, 7) is 3.76. The Bertz CT molecular complexity index is 839. The third-order valence-corrected chi connectivity index (χ3v) is 6.21. The Kier molecular flexibility index (Phi) is 5.45. The molecule has 3 N–H and O–H groups in total. The van der Waals surface area contributed by atoms with Crippen molar-refractivity contribution in [3.05, 3.63) is 18.2 Å². The highest BCUT2D eigenvalue weighted by atomic mass is 32.2. The topological polar surface area (TPSA) is 123 Å². The lowest BCUT2D eigenvalue weighted by Gasteiger charge is -2.23. The van der Waals surface area contributed by atoms with Gasteiger partial charge in [-0.05, 0) is 24.5 Å². The van der Waals surface area contributed by atoms with E-state index in [-0.39, 0.29) is 30.1 Å². The van der Waals surface area contributed by atoms with E-state index in [0.29, 0.717) is 23.6 Å². The summed E-state index contributed by atoms with van der Waals surface area (Å²) in [7, 11) is -3.09. The molecule has 1 aromatic carbocycles. The Morgan fingerprint density at radius 3 is 2.59 bits per heavy atom. The SMILES string of the molecule is CC(C)[C@H](NC(=O)N[C@H]1CCS(=O)(=O)C1)C(=O)Nc1ccc2c(c1)OCO2. The van der Waals surface area contributed by atoms with E-state index in [2.05, 4.69) is 16.0 Å². The van der Waals surface area contributed by atoms with E-state index in [4.69, 9.17) is 9.47 Å². The van der Waals surface area contributed by atoms with Crippen molar-refractivity contribution >= 4 is 27.5 Å². The molecule has 10 heteroatoms. The van der Waals surface area contributed by atoms with Crippen molar-refractivity contribution in [2.24, 2.45) is 5.92 Å². The maximum Gasteiger partial charge on any atom is 0.315 e. The van der Waals surface area contributed by atoms with Crippen LogP contribution in [0, 0.1) is 5.92 Å². The van der Waals surface area contributed by atoms with Gasteiger partial charge in [0.05, 0.1) is 11.5 Å². The molecule has 2 atom stereocenters. The van der Waals surface area contributed by atoms with Gasteiger partial charge in [0, 0.05) is 17.8 Å². The first-order valence-electron chi connectivity index (χ1n) is 8.71. The highest BCUT2D eigenvalue weighted by Gasteiger charge is 2.31. The summed E-state index contributed by atoms with van der Waals surface area (Å²) >= 11 is 0. The largest absolute Gasteiger partial charge is 0.454 e. The molecule has 0 radical (unpaired) electrons. The Morgan fingerprint density at radius 1 is 1.19 bits per heavy atom. The Hall–Kier alpha value is -2.49. The zero-order valence-corrected chi connectivity index (χ0v) is 16.0. The molecule has 2 heterocycles. The molecule has 2 aliphatic rings. The average Bonchev–Trinajstić information content (AvgIpc) is 3.17. The number of hydrogen-bond acceptors (Lipinski definition) is 6. The number of anilines is 1. The zero-order chi connectivity index (χ0) is 19.6. The number of sulfone groups is 1. The van der Waals surface area contributed by atoms with Gasteiger partial charge in [-0.3, -0.25) is 4.79 Å². The van der Waals surface area contributed by atoms with E-state index in [1.807, 2.05) is 13.8 Å². The number of rotatable bonds is 5. The normalized spacial score (nSPS) is 20.9. The van der Waals surface area contributed by atoms with Crippen LogP contribution in [0.4, 0.5) is 10.5 Å². The number of ether oxygens (including phenoxy) is 2. The van der Waals surface area contributed by atoms with Crippen molar-refractivity contribution in [1.82, 2.24) is 10.6 Å². The highest BCUT2D eigenvalue weighted by molar-refractivity contribution is 7.91. The van der Waals surface area contributed by atoms with Gasteiger partial charge in [0.1, 0.15) is 6.04 Å². The fourth-order valence-electron chi connectivity index (χ4n) is 3.01. The number of carbonyl (C=O) groups is 2. The van der Waals surface area contributed by atoms with Crippen molar-refractivity contribution in [1.29, 1.82) is 0 Å². The molecule has 0 saturated carbocycles. The maximum absolute atomic E-state index is 12.6. The van der Waals surface area contributed by atoms with Crippen LogP contribution in [0.2, 0.25) is 0 Å². The van der Waals surface area contributed by atoms with E-state index in [0.717, 1.165) is 0 Å². The predicted molar refractivity (Wildman–Crippen MR) is 98.5 cm³/mol. The van der Waals surface area contributed by atoms with Crippen LogP contribution in [-0.2, 0) is 14.6 Å². The molecule has 0 spiro atoms. The van der Waals surface area contributed by atoms with Crippen LogP contribution in [0.1, 0.15) is 20.3 Å². The molecule has 2 aliphatic heterocycles. The van der Waals surface area contributed by atoms with Crippen molar-refractivity contribution in [3.8, 4) is 11.5 Å². The molecule has 3 amide bonds. The Morgan fingerprint density at radius 2 is 1.93 bits per heavy atom. The fraction of sp³-hybridized carbons (Fsp3) is 0.529. The molecule has 0 unspecified atom stereocenters. The molecule has 0 bridgehead atoms. The van der Waals surface area contributed by atoms with Gasteiger partial charge in [-0.25, -0.2) is 13.2 Å². The van der Waals surface area contributed by atoms with Gasteiger partial charge in [-0.2, -0.15) is 0 Å². The monoisotopic (exact) mass is 397 g/mol. The number of benzene rings is 1. The van der Waals surface area contributed by atoms with Crippen molar-refractivity contribution in [2.45, 2.75) is 32.4 Å². The molecule has 3 rings (SSSR count). The quantitative estimate of drug-likeness (QED) is 0.677. The van der Waals surface area contributed by atoms with Gasteiger partial charge in [0.2, 0.25) is 12.7 Å². The van der Waals surface area contributed by atoms with E-state index in [1.54, 1.807) is 18.2 Å². The van der Waals surface area contributed by atoms with Gasteiger partial charge < -0.3 is 25.4 Å². The molecule has 9 nitrogen and oxygen atoms in total. The number of amides is 3. The summed E-state index contributed by atoms with van der Waals surface area (Å²) in [5, 5.41) is 8.01. The lowest BCUT2D eigenvalue weighted by atomic mass is 10.0. The molecule has 148 valence electrons. The molecule has 0 aliphatic carbocycles. The Labute approximate surface area is 157 Å². The smallest absolute Gasteiger partial charge is 0.315 e. The second-order valence-electron chi connectivity index (χ2n) is 7.00. The lowest BCUT2D eigenvalue weighted by Crippen LogP contribution is -2.52. The minimum atomic E-state index is -3.09. The predicted octanol–water partition coefficient (Wildman–Crippen LogP) is 0.865. The summed E-state index contributed by atoms with van der Waals surface area (Å²) in [6, 6.07) is 3.26. The van der Waals surface area contributed by atoms with Crippen LogP contribution in [0.3, 0.4) is 0 Å². The summed E-state index contributed by atoms with van der Waals surface area (Å²) < 4.78 is 33.5. The highest BCUT2D eigenvalue weighted by Crippen LogP contribution is 2.34. The average molecular weight is 397 g/mol. The van der Waals surface area contributed by atoms with Crippen molar-refractivity contribution < 1.29 is 27.5 Å². The van der Waals surface area contributed by atoms with E-state index in [1.165, 1.54) is 0 Å². The first-order valence-corrected chi connectivity index (χ1v) is 10.5. The maximum atomic E-state index is 12.6. The van der Waals surface area contributed by atoms with Crippen LogP contribution in [-0.4, -0.2) is 50.7 Å². The minimum absolute atomic E-state index is 0.0656. The van der Waals surface area contributed by atoms with Crippen LogP contribution < -0.4 is 25.4 Å². The van der Waals surface area contributed by atoms with Gasteiger partial charge >= 0.3 is 6.03 Å². The first-order chi connectivity index (χ1) is 12.7. The lowest BCUT2D eigenvalue weighted by molar-refractivity contribution is -0.118. The number of nitrogens with one attached hydrogen (secondary N) is 3. The molecule has 1 saturated heterocycles. The van der Waals surface area contributed by atoms with Crippen LogP contribution in [0.5, 0.6) is 11.5 Å². The van der Waals surface area contributed by atoms with E-state index in [9.17, 15) is 18.0 Å². The number of fused-ring (bicyclic) bond motifs is 1. The minimum Gasteiger partial charge on any atom is -0.454 e. The fourth-order valence-corrected chi connectivity index (χ4v) is 4.68. The third-order valence-electron chi connectivity index (χ3n) is 4.44. The van der Waals surface area contributed by atoms with Crippen LogP contribution >= 0.6 is 0 Å². The number of urea groups is 1. The standard InChI is InChI=1S/C17H23N3O6S/c1-10(2)15(20-17(22)19-12-5-6-27(23,24)8-12)16(21)18-11-3-4-13-14(7-11)26-9-25-13/h3-4,7,10,12,15H,5-6,8-9H2,1-2H3,(H,18,21)(H2,19,20,22)/t12-,15-/m0/s1. The zero-order valence-electron chi connectivity index (χ0n) is 15.2. The molecule has 1 aromatic rings. The second-order valence-corrected chi connectivity index (χ2v) is 9.23. The van der Waals surface area contributed by atoms with Gasteiger partial charge in [-0.1, -0.05) is 13.8 Å². The molecule has 0 aromatic heterocycles. The molecular formula is C17H23N3O6S. The molecule has 1 fully saturated rings. The molecular weight excluding hydrogens is 374 g/mol. The second kappa shape index (κ2) is 7.63. The van der Waals surface area contributed by atoms with Gasteiger partial charge in [-0.15, -0.1) is 0 Å². The van der Waals surface area contributed by atoms with Crippen LogP contribution in [0.15, 0.2) is 18.2 Å².